The molecule has 182 valence electrons. The van der Waals surface area contributed by atoms with Crippen molar-refractivity contribution in [3.8, 4) is 23.0 Å². The second kappa shape index (κ2) is 12.1. The number of para-hydroxylation sites is 1. The zero-order valence-electron chi connectivity index (χ0n) is 19.4. The molecular formula is C26H26N2O7. The first-order valence-corrected chi connectivity index (χ1v) is 10.7. The van der Waals surface area contributed by atoms with Crippen LogP contribution >= 0.6 is 0 Å². The predicted octanol–water partition coefficient (Wildman–Crippen LogP) is 4.02. The molecule has 3 rings (SSSR count). The summed E-state index contributed by atoms with van der Waals surface area (Å²) >= 11 is 0. The summed E-state index contributed by atoms with van der Waals surface area (Å²) in [7, 11) is 2.92. The van der Waals surface area contributed by atoms with E-state index in [9.17, 15) is 14.4 Å². The molecule has 1 atom stereocenters. The summed E-state index contributed by atoms with van der Waals surface area (Å²) in [5, 5.41) is 2.53. The largest absolute Gasteiger partial charge is 0.497 e. The van der Waals surface area contributed by atoms with Gasteiger partial charge < -0.3 is 30.0 Å². The maximum Gasteiger partial charge on any atom is 0.312 e. The van der Waals surface area contributed by atoms with Crippen molar-refractivity contribution in [2.45, 2.75) is 12.5 Å². The standard InChI is InChI=1S/C26H26N2O7/c1-32-19-11-12-21(24(14-19)33-2)23(29)16-34-25(30)15-22(28-26(27)31)17-7-6-10-20(13-17)35-18-8-4-3-5-9-18/h3-14,22H,15-16H2,1-2H3,(H3,27,28,31)/t22-/m0/s1. The number of carbonyl (C=O) groups excluding carboxylic acids is 3. The Kier molecular flexibility index (Phi) is 8.66. The Morgan fingerprint density at radius 3 is 2.29 bits per heavy atom. The molecule has 35 heavy (non-hydrogen) atoms. The lowest BCUT2D eigenvalue weighted by molar-refractivity contribution is -0.143. The lowest BCUT2D eigenvalue weighted by Crippen LogP contribution is -2.34. The molecule has 0 heterocycles. The fourth-order valence-corrected chi connectivity index (χ4v) is 3.32. The molecule has 0 spiro atoms. The number of Topliss-reactive ketones (excluding diaryl/α,β-unsaturated/α-hetero) is 1. The summed E-state index contributed by atoms with van der Waals surface area (Å²) in [5.41, 5.74) is 6.14. The monoisotopic (exact) mass is 478 g/mol. The second-order valence-corrected chi connectivity index (χ2v) is 7.40. The van der Waals surface area contributed by atoms with Crippen LogP contribution in [0.5, 0.6) is 23.0 Å². The fraction of sp³-hybridized carbons (Fsp3) is 0.192. The van der Waals surface area contributed by atoms with E-state index in [2.05, 4.69) is 5.32 Å². The third-order valence-electron chi connectivity index (χ3n) is 5.00. The average Bonchev–Trinajstić information content (AvgIpc) is 2.87. The molecule has 2 amide bonds. The number of urea groups is 1. The normalized spacial score (nSPS) is 11.1. The van der Waals surface area contributed by atoms with Crippen molar-refractivity contribution >= 4 is 17.8 Å². The number of primary amides is 1. The van der Waals surface area contributed by atoms with E-state index in [0.717, 1.165) is 0 Å². The third kappa shape index (κ3) is 7.23. The Balaban J connectivity index is 1.67. The highest BCUT2D eigenvalue weighted by atomic mass is 16.5. The highest BCUT2D eigenvalue weighted by Crippen LogP contribution is 2.27. The molecule has 3 aromatic rings. The number of hydrogen-bond acceptors (Lipinski definition) is 7. The number of methoxy groups -OCH3 is 2. The van der Waals surface area contributed by atoms with Gasteiger partial charge in [0.1, 0.15) is 23.0 Å². The summed E-state index contributed by atoms with van der Waals surface area (Å²) in [5.74, 6) is 0.827. The molecule has 0 bridgehead atoms. The van der Waals surface area contributed by atoms with Crippen molar-refractivity contribution in [2.75, 3.05) is 20.8 Å². The quantitative estimate of drug-likeness (QED) is 0.315. The molecule has 0 saturated heterocycles. The molecular weight excluding hydrogens is 452 g/mol. The van der Waals surface area contributed by atoms with Crippen LogP contribution in [0.25, 0.3) is 0 Å². The molecule has 9 nitrogen and oxygen atoms in total. The highest BCUT2D eigenvalue weighted by Gasteiger charge is 2.21. The maximum atomic E-state index is 12.6. The maximum absolute atomic E-state index is 12.6. The van der Waals surface area contributed by atoms with Crippen molar-refractivity contribution in [2.24, 2.45) is 5.73 Å². The van der Waals surface area contributed by atoms with Gasteiger partial charge in [-0.3, -0.25) is 9.59 Å². The zero-order chi connectivity index (χ0) is 25.2. The van der Waals surface area contributed by atoms with Gasteiger partial charge in [-0.2, -0.15) is 0 Å². The molecule has 0 saturated carbocycles. The number of carbonyl (C=O) groups is 3. The molecule has 0 aliphatic rings. The Hall–Kier alpha value is -4.53. The number of ketones is 1. The second-order valence-electron chi connectivity index (χ2n) is 7.40. The van der Waals surface area contributed by atoms with Gasteiger partial charge in [0.25, 0.3) is 0 Å². The van der Waals surface area contributed by atoms with Crippen LogP contribution in [0.4, 0.5) is 4.79 Å². The van der Waals surface area contributed by atoms with E-state index in [1.807, 2.05) is 18.2 Å². The number of amides is 2. The van der Waals surface area contributed by atoms with E-state index >= 15 is 0 Å². The van der Waals surface area contributed by atoms with Crippen LogP contribution in [0.1, 0.15) is 28.4 Å². The van der Waals surface area contributed by atoms with Gasteiger partial charge in [-0.1, -0.05) is 30.3 Å². The zero-order valence-corrected chi connectivity index (χ0v) is 19.4. The van der Waals surface area contributed by atoms with Crippen molar-refractivity contribution in [3.05, 3.63) is 83.9 Å². The summed E-state index contributed by atoms with van der Waals surface area (Å²) in [4.78, 5) is 36.7. The van der Waals surface area contributed by atoms with Gasteiger partial charge in [-0.05, 0) is 42.0 Å². The smallest absolute Gasteiger partial charge is 0.312 e. The lowest BCUT2D eigenvalue weighted by Gasteiger charge is -2.18. The van der Waals surface area contributed by atoms with Crippen molar-refractivity contribution in [1.82, 2.24) is 5.32 Å². The number of nitrogens with two attached hydrogens (primary N) is 1. The lowest BCUT2D eigenvalue weighted by atomic mass is 10.0. The van der Waals surface area contributed by atoms with Gasteiger partial charge in [-0.25, -0.2) is 4.79 Å². The van der Waals surface area contributed by atoms with E-state index in [0.29, 0.717) is 28.6 Å². The highest BCUT2D eigenvalue weighted by molar-refractivity contribution is 6.00. The average molecular weight is 479 g/mol. The number of rotatable bonds is 11. The summed E-state index contributed by atoms with van der Waals surface area (Å²) < 4.78 is 21.3. The van der Waals surface area contributed by atoms with Gasteiger partial charge >= 0.3 is 12.0 Å². The summed E-state index contributed by atoms with van der Waals surface area (Å²) in [6.07, 6.45) is -0.245. The number of benzene rings is 3. The van der Waals surface area contributed by atoms with Crippen LogP contribution in [0.15, 0.2) is 72.8 Å². The van der Waals surface area contributed by atoms with Gasteiger partial charge in [0.15, 0.2) is 6.61 Å². The third-order valence-corrected chi connectivity index (χ3v) is 5.00. The number of nitrogens with one attached hydrogen (secondary N) is 1. The van der Waals surface area contributed by atoms with Crippen LogP contribution < -0.4 is 25.3 Å². The molecule has 0 aromatic heterocycles. The first-order valence-electron chi connectivity index (χ1n) is 10.7. The molecule has 0 aliphatic carbocycles. The Morgan fingerprint density at radius 2 is 1.60 bits per heavy atom. The predicted molar refractivity (Wildman–Crippen MR) is 128 cm³/mol. The van der Waals surface area contributed by atoms with Crippen molar-refractivity contribution in [1.29, 1.82) is 0 Å². The minimum Gasteiger partial charge on any atom is -0.497 e. The van der Waals surface area contributed by atoms with E-state index in [1.54, 1.807) is 48.5 Å². The number of esters is 1. The Bertz CT molecular complexity index is 1180. The van der Waals surface area contributed by atoms with Crippen molar-refractivity contribution < 1.29 is 33.3 Å². The molecule has 3 N–H and O–H groups in total. The van der Waals surface area contributed by atoms with Crippen LogP contribution in [0, 0.1) is 0 Å². The van der Waals surface area contributed by atoms with Crippen molar-refractivity contribution in [3.63, 3.8) is 0 Å². The molecule has 9 heteroatoms. The van der Waals surface area contributed by atoms with Gasteiger partial charge in [0, 0.05) is 6.07 Å². The van der Waals surface area contributed by atoms with Crippen LogP contribution in [-0.4, -0.2) is 38.6 Å². The van der Waals surface area contributed by atoms with E-state index in [-0.39, 0.29) is 12.0 Å². The minimum absolute atomic E-state index is 0.245. The van der Waals surface area contributed by atoms with E-state index in [4.69, 9.17) is 24.7 Å². The summed E-state index contributed by atoms with van der Waals surface area (Å²) in [6, 6.07) is 19.2. The molecule has 0 radical (unpaired) electrons. The summed E-state index contributed by atoms with van der Waals surface area (Å²) in [6.45, 7) is -0.498. The topological polar surface area (TPSA) is 126 Å². The van der Waals surface area contributed by atoms with Gasteiger partial charge in [-0.15, -0.1) is 0 Å². The molecule has 3 aromatic carbocycles. The molecule has 0 fully saturated rings. The van der Waals surface area contributed by atoms with Crippen LogP contribution in [0.2, 0.25) is 0 Å². The Morgan fingerprint density at radius 1 is 0.857 bits per heavy atom. The SMILES string of the molecule is COc1ccc(C(=O)COC(=O)C[C@H](NC(N)=O)c2cccc(Oc3ccccc3)c2)c(OC)c1. The van der Waals surface area contributed by atoms with E-state index in [1.165, 1.54) is 20.3 Å². The first kappa shape index (κ1) is 25.1. The van der Waals surface area contributed by atoms with Gasteiger partial charge in [0.05, 0.1) is 32.2 Å². The first-order chi connectivity index (χ1) is 16.9. The number of ether oxygens (including phenoxy) is 4. The number of hydrogen-bond donors (Lipinski definition) is 2. The van der Waals surface area contributed by atoms with Crippen LogP contribution in [-0.2, 0) is 9.53 Å². The van der Waals surface area contributed by atoms with E-state index < -0.39 is 30.4 Å². The van der Waals surface area contributed by atoms with Crippen LogP contribution in [0.3, 0.4) is 0 Å². The molecule has 0 unspecified atom stereocenters. The fourth-order valence-electron chi connectivity index (χ4n) is 3.32. The Labute approximate surface area is 202 Å². The van der Waals surface area contributed by atoms with Gasteiger partial charge in [0.2, 0.25) is 5.78 Å². The minimum atomic E-state index is -0.809. The molecule has 0 aliphatic heterocycles.